The molecule has 0 saturated heterocycles. The zero-order valence-electron chi connectivity index (χ0n) is 15.0. The van der Waals surface area contributed by atoms with Crippen molar-refractivity contribution in [3.8, 4) is 0 Å². The number of allylic oxidation sites excluding steroid dienone is 3. The highest BCUT2D eigenvalue weighted by molar-refractivity contribution is 8.05. The Labute approximate surface area is 141 Å². The number of likely N-dealkylation sites (N-methyl/N-ethyl adjacent to an activating group) is 1. The zero-order chi connectivity index (χ0) is 16.5. The Morgan fingerprint density at radius 3 is 2.36 bits per heavy atom. The van der Waals surface area contributed by atoms with Crippen molar-refractivity contribution >= 4 is 11.8 Å². The molecular formula is C20H31NS. The maximum absolute atomic E-state index is 2.27. The van der Waals surface area contributed by atoms with E-state index in [0.717, 1.165) is 19.4 Å². The monoisotopic (exact) mass is 317 g/mol. The van der Waals surface area contributed by atoms with Crippen molar-refractivity contribution in [3.05, 3.63) is 57.4 Å². The molecule has 1 aromatic carbocycles. The summed E-state index contributed by atoms with van der Waals surface area (Å²) < 4.78 is 0. The first-order valence-corrected chi connectivity index (χ1v) is 9.01. The fourth-order valence-electron chi connectivity index (χ4n) is 2.44. The topological polar surface area (TPSA) is 3.24 Å². The Kier molecular flexibility index (Phi) is 8.59. The minimum absolute atomic E-state index is 0.627. The SMILES string of the molecule is CC1=CCC=CS1.Cc1cccc(C(C)C)c1CCN(C)C. The fourth-order valence-corrected chi connectivity index (χ4v) is 3.05. The van der Waals surface area contributed by atoms with Crippen LogP contribution in [0, 0.1) is 6.92 Å². The first-order chi connectivity index (χ1) is 10.4. The van der Waals surface area contributed by atoms with Crippen molar-refractivity contribution in [2.24, 2.45) is 0 Å². The van der Waals surface area contributed by atoms with Crippen LogP contribution in [-0.4, -0.2) is 25.5 Å². The highest BCUT2D eigenvalue weighted by Gasteiger charge is 2.08. The van der Waals surface area contributed by atoms with E-state index in [1.54, 1.807) is 17.3 Å². The Morgan fingerprint density at radius 1 is 1.18 bits per heavy atom. The summed E-state index contributed by atoms with van der Waals surface area (Å²) in [5.74, 6) is 0.627. The third-order valence-electron chi connectivity index (χ3n) is 3.77. The highest BCUT2D eigenvalue weighted by Crippen LogP contribution is 2.23. The molecule has 1 heterocycles. The van der Waals surface area contributed by atoms with Gasteiger partial charge in [-0.2, -0.15) is 0 Å². The summed E-state index contributed by atoms with van der Waals surface area (Å²) in [4.78, 5) is 3.67. The van der Waals surface area contributed by atoms with Gasteiger partial charge in [0.05, 0.1) is 0 Å². The van der Waals surface area contributed by atoms with Gasteiger partial charge in [-0.15, -0.1) is 11.8 Å². The summed E-state index contributed by atoms with van der Waals surface area (Å²) in [5, 5.41) is 2.13. The maximum atomic E-state index is 2.27. The zero-order valence-corrected chi connectivity index (χ0v) is 15.8. The lowest BCUT2D eigenvalue weighted by molar-refractivity contribution is 0.412. The standard InChI is InChI=1S/C14H23N.C6H8S/c1-11(2)13-8-6-7-12(3)14(13)9-10-15(4)5;1-6-4-2-3-5-7-6/h6-8,11H,9-10H2,1-5H3;3-5H,2H2,1H3. The largest absolute Gasteiger partial charge is 0.309 e. The van der Waals surface area contributed by atoms with Crippen LogP contribution < -0.4 is 0 Å². The maximum Gasteiger partial charge on any atom is 0.00159 e. The Bertz CT molecular complexity index is 512. The van der Waals surface area contributed by atoms with E-state index in [1.807, 2.05) is 0 Å². The normalized spacial score (nSPS) is 13.9. The van der Waals surface area contributed by atoms with E-state index in [4.69, 9.17) is 0 Å². The van der Waals surface area contributed by atoms with E-state index >= 15 is 0 Å². The first-order valence-electron chi connectivity index (χ1n) is 8.13. The Morgan fingerprint density at radius 2 is 1.91 bits per heavy atom. The molecule has 22 heavy (non-hydrogen) atoms. The molecule has 0 fully saturated rings. The van der Waals surface area contributed by atoms with Crippen molar-refractivity contribution in [1.29, 1.82) is 0 Å². The quantitative estimate of drug-likeness (QED) is 0.694. The van der Waals surface area contributed by atoms with Gasteiger partial charge in [0.2, 0.25) is 0 Å². The molecule has 0 amide bonds. The van der Waals surface area contributed by atoms with E-state index in [9.17, 15) is 0 Å². The summed E-state index contributed by atoms with van der Waals surface area (Å²) in [6.45, 7) is 10.0. The van der Waals surface area contributed by atoms with Crippen LogP contribution in [-0.2, 0) is 6.42 Å². The highest BCUT2D eigenvalue weighted by atomic mass is 32.2. The fraction of sp³-hybridized carbons (Fsp3) is 0.500. The molecule has 0 aliphatic carbocycles. The lowest BCUT2D eigenvalue weighted by atomic mass is 9.92. The van der Waals surface area contributed by atoms with Gasteiger partial charge in [0.1, 0.15) is 0 Å². The summed E-state index contributed by atoms with van der Waals surface area (Å²) in [5.41, 5.74) is 4.49. The third kappa shape index (κ3) is 6.85. The summed E-state index contributed by atoms with van der Waals surface area (Å²) >= 11 is 1.80. The summed E-state index contributed by atoms with van der Waals surface area (Å²) in [6.07, 6.45) is 6.67. The second kappa shape index (κ2) is 9.91. The lowest BCUT2D eigenvalue weighted by Crippen LogP contribution is -2.16. The number of benzene rings is 1. The van der Waals surface area contributed by atoms with Crippen LogP contribution in [0.2, 0.25) is 0 Å². The van der Waals surface area contributed by atoms with E-state index < -0.39 is 0 Å². The average molecular weight is 318 g/mol. The van der Waals surface area contributed by atoms with Gasteiger partial charge in [-0.1, -0.05) is 44.2 Å². The molecule has 1 nitrogen and oxygen atoms in total. The van der Waals surface area contributed by atoms with Crippen LogP contribution in [0.1, 0.15) is 49.8 Å². The van der Waals surface area contributed by atoms with Crippen molar-refractivity contribution < 1.29 is 0 Å². The number of thioether (sulfide) groups is 1. The van der Waals surface area contributed by atoms with Crippen LogP contribution in [0.4, 0.5) is 0 Å². The molecule has 1 aliphatic heterocycles. The number of aryl methyl sites for hydroxylation is 1. The molecule has 0 bridgehead atoms. The first kappa shape index (κ1) is 19.1. The minimum atomic E-state index is 0.627. The predicted octanol–water partition coefficient (Wildman–Crippen LogP) is 5.76. The molecule has 0 unspecified atom stereocenters. The predicted molar refractivity (Wildman–Crippen MR) is 103 cm³/mol. The molecule has 0 spiro atoms. The second-order valence-electron chi connectivity index (χ2n) is 6.39. The Balaban J connectivity index is 0.000000287. The molecule has 0 saturated carbocycles. The lowest BCUT2D eigenvalue weighted by Gasteiger charge is -2.17. The number of hydrogen-bond donors (Lipinski definition) is 0. The number of rotatable bonds is 4. The minimum Gasteiger partial charge on any atom is -0.309 e. The van der Waals surface area contributed by atoms with E-state index in [2.05, 4.69) is 82.4 Å². The van der Waals surface area contributed by atoms with Gasteiger partial charge in [-0.05, 0) is 73.7 Å². The smallest absolute Gasteiger partial charge is 0.00159 e. The average Bonchev–Trinajstić information content (AvgIpc) is 2.47. The van der Waals surface area contributed by atoms with Crippen molar-refractivity contribution in [3.63, 3.8) is 0 Å². The molecule has 122 valence electrons. The summed E-state index contributed by atoms with van der Waals surface area (Å²) in [6, 6.07) is 6.66. The van der Waals surface area contributed by atoms with Gasteiger partial charge in [0.25, 0.3) is 0 Å². The molecule has 0 atom stereocenters. The van der Waals surface area contributed by atoms with Crippen molar-refractivity contribution in [1.82, 2.24) is 4.90 Å². The van der Waals surface area contributed by atoms with Crippen LogP contribution in [0.15, 0.2) is 40.7 Å². The van der Waals surface area contributed by atoms with Crippen LogP contribution in [0.25, 0.3) is 0 Å². The van der Waals surface area contributed by atoms with E-state index in [0.29, 0.717) is 5.92 Å². The van der Waals surface area contributed by atoms with Crippen LogP contribution in [0.5, 0.6) is 0 Å². The van der Waals surface area contributed by atoms with Gasteiger partial charge in [-0.25, -0.2) is 0 Å². The Hall–Kier alpha value is -0.990. The number of nitrogens with zero attached hydrogens (tertiary/aromatic N) is 1. The van der Waals surface area contributed by atoms with E-state index in [-0.39, 0.29) is 0 Å². The van der Waals surface area contributed by atoms with Crippen molar-refractivity contribution in [2.75, 3.05) is 20.6 Å². The molecule has 1 aromatic rings. The molecule has 0 aromatic heterocycles. The number of hydrogen-bond acceptors (Lipinski definition) is 2. The van der Waals surface area contributed by atoms with Crippen LogP contribution in [0.3, 0.4) is 0 Å². The molecule has 1 aliphatic rings. The molecule has 0 N–H and O–H groups in total. The molecule has 2 rings (SSSR count). The summed E-state index contributed by atoms with van der Waals surface area (Å²) in [7, 11) is 4.26. The van der Waals surface area contributed by atoms with Crippen molar-refractivity contribution in [2.45, 2.75) is 46.5 Å². The van der Waals surface area contributed by atoms with Gasteiger partial charge in [-0.3, -0.25) is 0 Å². The van der Waals surface area contributed by atoms with Gasteiger partial charge in [0, 0.05) is 6.54 Å². The van der Waals surface area contributed by atoms with Crippen LogP contribution >= 0.6 is 11.8 Å². The third-order valence-corrected chi connectivity index (χ3v) is 4.64. The molecule has 2 heteroatoms. The molecular weight excluding hydrogens is 286 g/mol. The van der Waals surface area contributed by atoms with Gasteiger partial charge >= 0.3 is 0 Å². The molecule has 0 radical (unpaired) electrons. The van der Waals surface area contributed by atoms with E-state index in [1.165, 1.54) is 16.0 Å². The second-order valence-corrected chi connectivity index (χ2v) is 7.54. The van der Waals surface area contributed by atoms with Gasteiger partial charge < -0.3 is 4.90 Å². The van der Waals surface area contributed by atoms with Gasteiger partial charge in [0.15, 0.2) is 0 Å².